The molecule has 1 saturated carbocycles. The first-order valence-corrected chi connectivity index (χ1v) is 13.9. The number of rotatable bonds is 8. The van der Waals surface area contributed by atoms with E-state index in [0.29, 0.717) is 23.3 Å². The monoisotopic (exact) mass is 537 g/mol. The van der Waals surface area contributed by atoms with Gasteiger partial charge in [0.05, 0.1) is 35.5 Å². The maximum Gasteiger partial charge on any atom is 0.176 e. The Balaban J connectivity index is 1.40. The smallest absolute Gasteiger partial charge is 0.176 e. The number of ketones is 1. The van der Waals surface area contributed by atoms with Crippen LogP contribution >= 0.6 is 11.6 Å². The number of hydrogen-bond acceptors (Lipinski definition) is 7. The lowest BCUT2D eigenvalue weighted by atomic mass is 9.85. The van der Waals surface area contributed by atoms with Crippen LogP contribution in [0, 0.1) is 5.92 Å². The average Bonchev–Trinajstić information content (AvgIpc) is 3.38. The summed E-state index contributed by atoms with van der Waals surface area (Å²) in [5, 5.41) is 24.6. The van der Waals surface area contributed by atoms with E-state index >= 15 is 0 Å². The number of Topliss-reactive ketones (excluding diaryl/α,β-unsaturated/α-hetero) is 1. The van der Waals surface area contributed by atoms with Crippen molar-refractivity contribution in [2.45, 2.75) is 57.5 Å². The van der Waals surface area contributed by atoms with Crippen LogP contribution in [0.25, 0.3) is 22.0 Å². The van der Waals surface area contributed by atoms with Crippen LogP contribution in [0.1, 0.15) is 55.8 Å². The molecule has 2 heterocycles. The van der Waals surface area contributed by atoms with Gasteiger partial charge in [0.1, 0.15) is 0 Å². The highest BCUT2D eigenvalue weighted by molar-refractivity contribution is 6.32. The molecule has 38 heavy (non-hydrogen) atoms. The van der Waals surface area contributed by atoms with Gasteiger partial charge in [-0.2, -0.15) is 0 Å². The van der Waals surface area contributed by atoms with Gasteiger partial charge in [-0.15, -0.1) is 0 Å². The first-order chi connectivity index (χ1) is 18.4. The van der Waals surface area contributed by atoms with Crippen LogP contribution in [0.5, 0.6) is 11.5 Å². The fourth-order valence-electron chi connectivity index (χ4n) is 6.06. The van der Waals surface area contributed by atoms with Crippen molar-refractivity contribution in [3.05, 3.63) is 47.1 Å². The molecule has 0 spiro atoms. The van der Waals surface area contributed by atoms with Crippen LogP contribution in [0.4, 0.5) is 5.69 Å². The zero-order chi connectivity index (χ0) is 26.8. The lowest BCUT2D eigenvalue weighted by Crippen LogP contribution is -2.38. The number of carbonyl (C=O) groups is 1. The highest BCUT2D eigenvalue weighted by atomic mass is 35.5. The van der Waals surface area contributed by atoms with Crippen molar-refractivity contribution in [3.63, 3.8) is 0 Å². The average molecular weight is 538 g/mol. The minimum atomic E-state index is -0.0891. The first-order valence-electron chi connectivity index (χ1n) is 13.5. The van der Waals surface area contributed by atoms with E-state index in [2.05, 4.69) is 15.2 Å². The number of aliphatic hydroxyl groups is 1. The normalized spacial score (nSPS) is 22.1. The van der Waals surface area contributed by atoms with Crippen molar-refractivity contribution in [3.8, 4) is 22.6 Å². The molecule has 3 aromatic rings. The second-order valence-electron chi connectivity index (χ2n) is 10.7. The topological polar surface area (TPSA) is 94.9 Å². The maximum absolute atomic E-state index is 12.6. The standard InChI is InChI=1S/C30H36ClN3O4/c1-18(36)25-15-32-27-10-7-20(21-13-26(31)30(37)28(14-21)38-2)12-24(27)29(25)33-22-8-5-19(6-9-22)16-34-11-3-4-23(34)17-35/h7,10,12-15,19,22-23,35,37H,3-6,8-9,11,16-17H2,1-2H3,(H,32,33)/t19?,22?,23-/m1/s1. The van der Waals surface area contributed by atoms with E-state index in [0.717, 1.165) is 72.9 Å². The van der Waals surface area contributed by atoms with Gasteiger partial charge in [-0.05, 0) is 93.3 Å². The Hall–Kier alpha value is -2.87. The third kappa shape index (κ3) is 5.46. The number of methoxy groups -OCH3 is 1. The number of likely N-dealkylation sites (tertiary alicyclic amines) is 1. The molecule has 2 fully saturated rings. The van der Waals surface area contributed by atoms with Crippen LogP contribution < -0.4 is 10.1 Å². The molecule has 202 valence electrons. The summed E-state index contributed by atoms with van der Waals surface area (Å²) in [6.07, 6.45) is 8.27. The molecule has 1 atom stereocenters. The molecule has 2 aliphatic rings. The lowest BCUT2D eigenvalue weighted by Gasteiger charge is -2.34. The van der Waals surface area contributed by atoms with E-state index in [-0.39, 0.29) is 29.2 Å². The van der Waals surface area contributed by atoms with Gasteiger partial charge in [-0.1, -0.05) is 17.7 Å². The Morgan fingerprint density at radius 1 is 1.16 bits per heavy atom. The van der Waals surface area contributed by atoms with Gasteiger partial charge in [0.2, 0.25) is 0 Å². The Morgan fingerprint density at radius 2 is 1.95 bits per heavy atom. The summed E-state index contributed by atoms with van der Waals surface area (Å²) >= 11 is 6.26. The molecule has 7 nitrogen and oxygen atoms in total. The number of nitrogens with zero attached hydrogens (tertiary/aromatic N) is 2. The van der Waals surface area contributed by atoms with E-state index in [1.54, 1.807) is 25.3 Å². The number of aromatic hydroxyl groups is 1. The molecule has 0 unspecified atom stereocenters. The van der Waals surface area contributed by atoms with Gasteiger partial charge in [-0.25, -0.2) is 0 Å². The van der Waals surface area contributed by atoms with E-state index in [4.69, 9.17) is 16.3 Å². The Kier molecular flexibility index (Phi) is 8.07. The zero-order valence-corrected chi connectivity index (χ0v) is 22.8. The van der Waals surface area contributed by atoms with E-state index in [9.17, 15) is 15.0 Å². The number of fused-ring (bicyclic) bond motifs is 1. The van der Waals surface area contributed by atoms with Gasteiger partial charge in [0.25, 0.3) is 0 Å². The number of hydrogen-bond donors (Lipinski definition) is 3. The Morgan fingerprint density at radius 3 is 2.66 bits per heavy atom. The van der Waals surface area contributed by atoms with Crippen molar-refractivity contribution in [1.82, 2.24) is 9.88 Å². The van der Waals surface area contributed by atoms with E-state index in [1.165, 1.54) is 13.5 Å². The van der Waals surface area contributed by atoms with E-state index < -0.39 is 0 Å². The molecule has 1 aliphatic heterocycles. The lowest BCUT2D eigenvalue weighted by molar-refractivity contribution is 0.101. The van der Waals surface area contributed by atoms with Crippen LogP contribution in [0.3, 0.4) is 0 Å². The number of benzene rings is 2. The van der Waals surface area contributed by atoms with Crippen molar-refractivity contribution in [2.24, 2.45) is 5.92 Å². The first kappa shape index (κ1) is 26.7. The number of nitrogens with one attached hydrogen (secondary N) is 1. The number of carbonyl (C=O) groups excluding carboxylic acids is 1. The molecule has 1 saturated heterocycles. The fourth-order valence-corrected chi connectivity index (χ4v) is 6.27. The van der Waals surface area contributed by atoms with Gasteiger partial charge >= 0.3 is 0 Å². The van der Waals surface area contributed by atoms with Crippen LogP contribution in [0.2, 0.25) is 5.02 Å². The number of phenols is 1. The quantitative estimate of drug-likeness (QED) is 0.308. The number of phenolic OH excluding ortho intramolecular Hbond substituents is 1. The molecular weight excluding hydrogens is 502 g/mol. The fraction of sp³-hybridized carbons (Fsp3) is 0.467. The number of halogens is 1. The van der Waals surface area contributed by atoms with Crippen LogP contribution in [0.15, 0.2) is 36.5 Å². The van der Waals surface area contributed by atoms with Crippen LogP contribution in [-0.4, -0.2) is 64.8 Å². The SMILES string of the molecule is COc1cc(-c2ccc3ncc(C(C)=O)c(NC4CCC(CN5CCC[C@@H]5CO)CC4)c3c2)cc(Cl)c1O. The van der Waals surface area contributed by atoms with Gasteiger partial charge in [0, 0.05) is 30.2 Å². The summed E-state index contributed by atoms with van der Waals surface area (Å²) < 4.78 is 5.29. The summed E-state index contributed by atoms with van der Waals surface area (Å²) in [5.74, 6) is 0.827. The third-order valence-corrected chi connectivity index (χ3v) is 8.51. The molecule has 0 radical (unpaired) electrons. The van der Waals surface area contributed by atoms with Crippen molar-refractivity contribution < 1.29 is 19.7 Å². The number of aliphatic hydroxyl groups excluding tert-OH is 1. The van der Waals surface area contributed by atoms with Gasteiger partial charge in [0.15, 0.2) is 17.3 Å². The summed E-state index contributed by atoms with van der Waals surface area (Å²) in [6.45, 7) is 3.99. The summed E-state index contributed by atoms with van der Waals surface area (Å²) in [7, 11) is 1.49. The van der Waals surface area contributed by atoms with Crippen molar-refractivity contribution in [1.29, 1.82) is 0 Å². The number of anilines is 1. The Bertz CT molecular complexity index is 1320. The minimum absolute atomic E-state index is 0.0283. The molecule has 0 bridgehead atoms. The third-order valence-electron chi connectivity index (χ3n) is 8.23. The molecule has 1 aromatic heterocycles. The van der Waals surface area contributed by atoms with Crippen LogP contribution in [-0.2, 0) is 0 Å². The van der Waals surface area contributed by atoms with Crippen molar-refractivity contribution in [2.75, 3.05) is 32.1 Å². The highest BCUT2D eigenvalue weighted by Crippen LogP contribution is 2.40. The van der Waals surface area contributed by atoms with Crippen molar-refractivity contribution >= 4 is 34.0 Å². The molecule has 1 aliphatic carbocycles. The van der Waals surface area contributed by atoms with Gasteiger partial charge < -0.3 is 20.3 Å². The number of ether oxygens (including phenoxy) is 1. The molecule has 0 amide bonds. The number of pyridine rings is 1. The largest absolute Gasteiger partial charge is 0.503 e. The predicted molar refractivity (Wildman–Crippen MR) is 151 cm³/mol. The predicted octanol–water partition coefficient (Wildman–Crippen LogP) is 5.90. The molecule has 8 heteroatoms. The number of aromatic nitrogens is 1. The summed E-state index contributed by atoms with van der Waals surface area (Å²) in [5.41, 5.74) is 3.90. The zero-order valence-electron chi connectivity index (χ0n) is 22.0. The highest BCUT2D eigenvalue weighted by Gasteiger charge is 2.29. The minimum Gasteiger partial charge on any atom is -0.503 e. The van der Waals surface area contributed by atoms with E-state index in [1.807, 2.05) is 18.2 Å². The summed E-state index contributed by atoms with van der Waals surface area (Å²) in [4.78, 5) is 19.6. The summed E-state index contributed by atoms with van der Waals surface area (Å²) in [6, 6.07) is 9.97. The second-order valence-corrected chi connectivity index (χ2v) is 11.1. The molecule has 2 aromatic carbocycles. The molecule has 3 N–H and O–H groups in total. The van der Waals surface area contributed by atoms with Gasteiger partial charge in [-0.3, -0.25) is 14.7 Å². The maximum atomic E-state index is 12.6. The molecule has 5 rings (SSSR count). The second kappa shape index (κ2) is 11.5. The Labute approximate surface area is 228 Å². The molecular formula is C30H36ClN3O4.